The molecular weight excluding hydrogens is 313 g/mol. The summed E-state index contributed by atoms with van der Waals surface area (Å²) in [5.74, 6) is -1.22. The van der Waals surface area contributed by atoms with Gasteiger partial charge < -0.3 is 4.74 Å². The molecule has 0 atom stereocenters. The Morgan fingerprint density at radius 3 is 2.96 bits per heavy atom. The molecular formula is C14H13F3N4O2. The minimum Gasteiger partial charge on any atom is -0.493 e. The van der Waals surface area contributed by atoms with E-state index in [-0.39, 0.29) is 12.4 Å². The summed E-state index contributed by atoms with van der Waals surface area (Å²) in [7, 11) is 0. The number of nitrogens with zero attached hydrogens (tertiary/aromatic N) is 2. The number of rotatable bonds is 4. The number of amides is 1. The van der Waals surface area contributed by atoms with Crippen molar-refractivity contribution >= 4 is 11.9 Å². The Labute approximate surface area is 129 Å². The van der Waals surface area contributed by atoms with Gasteiger partial charge in [-0.25, -0.2) is 0 Å². The van der Waals surface area contributed by atoms with Gasteiger partial charge in [-0.05, 0) is 23.6 Å². The Balaban J connectivity index is 1.54. The van der Waals surface area contributed by atoms with Crippen molar-refractivity contribution in [2.24, 2.45) is 0 Å². The SMILES string of the molecule is O=C(CCc1ccc2c(c1)CCO2)Nc1n[nH]c(C(F)(F)F)n1. The lowest BCUT2D eigenvalue weighted by atomic mass is 10.0. The van der Waals surface area contributed by atoms with Gasteiger partial charge in [-0.15, -0.1) is 5.10 Å². The average molecular weight is 326 g/mol. The fraction of sp³-hybridized carbons (Fsp3) is 0.357. The van der Waals surface area contributed by atoms with Crippen LogP contribution in [0.1, 0.15) is 23.4 Å². The first-order valence-corrected chi connectivity index (χ1v) is 6.96. The molecule has 0 fully saturated rings. The molecule has 0 saturated heterocycles. The van der Waals surface area contributed by atoms with Gasteiger partial charge in [-0.3, -0.25) is 15.2 Å². The number of halogens is 3. The molecule has 0 bridgehead atoms. The number of aromatic nitrogens is 3. The molecule has 6 nitrogen and oxygen atoms in total. The largest absolute Gasteiger partial charge is 0.493 e. The second-order valence-electron chi connectivity index (χ2n) is 5.09. The van der Waals surface area contributed by atoms with Crippen LogP contribution in [-0.4, -0.2) is 27.7 Å². The highest BCUT2D eigenvalue weighted by molar-refractivity contribution is 5.89. The average Bonchev–Trinajstić information content (AvgIpc) is 3.12. The monoisotopic (exact) mass is 326 g/mol. The Bertz CT molecular complexity index is 727. The molecule has 23 heavy (non-hydrogen) atoms. The Morgan fingerprint density at radius 2 is 2.22 bits per heavy atom. The molecule has 1 aliphatic rings. The molecule has 1 amide bonds. The van der Waals surface area contributed by atoms with Gasteiger partial charge in [0.2, 0.25) is 17.7 Å². The van der Waals surface area contributed by atoms with Gasteiger partial charge in [-0.1, -0.05) is 12.1 Å². The van der Waals surface area contributed by atoms with Crippen molar-refractivity contribution in [2.75, 3.05) is 11.9 Å². The van der Waals surface area contributed by atoms with Crippen LogP contribution in [-0.2, 0) is 23.8 Å². The van der Waals surface area contributed by atoms with Crippen LogP contribution in [0.4, 0.5) is 19.1 Å². The molecule has 1 aliphatic heterocycles. The summed E-state index contributed by atoms with van der Waals surface area (Å²) >= 11 is 0. The third kappa shape index (κ3) is 3.61. The zero-order valence-electron chi connectivity index (χ0n) is 11.9. The van der Waals surface area contributed by atoms with E-state index in [1.807, 2.05) is 18.2 Å². The second-order valence-corrected chi connectivity index (χ2v) is 5.09. The zero-order valence-corrected chi connectivity index (χ0v) is 11.9. The summed E-state index contributed by atoms with van der Waals surface area (Å²) in [5.41, 5.74) is 2.07. The summed E-state index contributed by atoms with van der Waals surface area (Å²) < 4.78 is 42.5. The van der Waals surface area contributed by atoms with E-state index < -0.39 is 17.9 Å². The van der Waals surface area contributed by atoms with E-state index in [1.165, 1.54) is 0 Å². The fourth-order valence-corrected chi connectivity index (χ4v) is 2.28. The normalized spacial score (nSPS) is 13.5. The van der Waals surface area contributed by atoms with Crippen LogP contribution in [0, 0.1) is 0 Å². The zero-order chi connectivity index (χ0) is 16.4. The van der Waals surface area contributed by atoms with E-state index >= 15 is 0 Å². The molecule has 2 aromatic rings. The van der Waals surface area contributed by atoms with Crippen molar-refractivity contribution in [3.8, 4) is 5.75 Å². The van der Waals surface area contributed by atoms with E-state index in [4.69, 9.17) is 4.74 Å². The van der Waals surface area contributed by atoms with Crippen molar-refractivity contribution in [2.45, 2.75) is 25.4 Å². The lowest BCUT2D eigenvalue weighted by Gasteiger charge is -2.04. The molecule has 1 aromatic carbocycles. The topological polar surface area (TPSA) is 79.9 Å². The molecule has 122 valence electrons. The van der Waals surface area contributed by atoms with Gasteiger partial charge >= 0.3 is 6.18 Å². The second kappa shape index (κ2) is 5.90. The predicted octanol–water partition coefficient (Wildman–Crippen LogP) is 2.33. The summed E-state index contributed by atoms with van der Waals surface area (Å²) in [6, 6.07) is 5.70. The van der Waals surface area contributed by atoms with Gasteiger partial charge in [0.15, 0.2) is 0 Å². The van der Waals surface area contributed by atoms with Crippen LogP contribution in [0.25, 0.3) is 0 Å². The van der Waals surface area contributed by atoms with Crippen molar-refractivity contribution in [1.29, 1.82) is 0 Å². The summed E-state index contributed by atoms with van der Waals surface area (Å²) in [4.78, 5) is 15.0. The maximum atomic E-state index is 12.4. The van der Waals surface area contributed by atoms with E-state index in [0.717, 1.165) is 23.3 Å². The van der Waals surface area contributed by atoms with Gasteiger partial charge in [0.1, 0.15) is 5.75 Å². The Kier molecular flexibility index (Phi) is 3.93. The van der Waals surface area contributed by atoms with Crippen molar-refractivity contribution < 1.29 is 22.7 Å². The van der Waals surface area contributed by atoms with Crippen LogP contribution < -0.4 is 10.1 Å². The number of fused-ring (bicyclic) bond motifs is 1. The first-order valence-electron chi connectivity index (χ1n) is 6.96. The Hall–Kier alpha value is -2.58. The molecule has 9 heteroatoms. The lowest BCUT2D eigenvalue weighted by molar-refractivity contribution is -0.144. The van der Waals surface area contributed by atoms with Gasteiger partial charge in [0, 0.05) is 12.8 Å². The van der Waals surface area contributed by atoms with E-state index in [0.29, 0.717) is 13.0 Å². The van der Waals surface area contributed by atoms with Crippen molar-refractivity contribution in [3.63, 3.8) is 0 Å². The lowest BCUT2D eigenvalue weighted by Crippen LogP contribution is -2.14. The molecule has 0 unspecified atom stereocenters. The molecule has 0 radical (unpaired) electrons. The number of aryl methyl sites for hydroxylation is 1. The number of alkyl halides is 3. The summed E-state index contributed by atoms with van der Waals surface area (Å²) in [6.45, 7) is 0.658. The van der Waals surface area contributed by atoms with Crippen LogP contribution in [0.3, 0.4) is 0 Å². The van der Waals surface area contributed by atoms with E-state index in [9.17, 15) is 18.0 Å². The number of anilines is 1. The molecule has 2 N–H and O–H groups in total. The molecule has 0 aliphatic carbocycles. The smallest absolute Gasteiger partial charge is 0.451 e. The molecule has 3 rings (SSSR count). The maximum Gasteiger partial charge on any atom is 0.451 e. The molecule has 1 aromatic heterocycles. The fourth-order valence-electron chi connectivity index (χ4n) is 2.28. The predicted molar refractivity (Wildman–Crippen MR) is 74.0 cm³/mol. The third-order valence-electron chi connectivity index (χ3n) is 3.40. The van der Waals surface area contributed by atoms with Crippen molar-refractivity contribution in [1.82, 2.24) is 15.2 Å². The highest BCUT2D eigenvalue weighted by Gasteiger charge is 2.35. The first-order chi connectivity index (χ1) is 10.9. The van der Waals surface area contributed by atoms with Gasteiger partial charge in [0.05, 0.1) is 6.61 Å². The van der Waals surface area contributed by atoms with Crippen LogP contribution in [0.2, 0.25) is 0 Å². The van der Waals surface area contributed by atoms with Crippen LogP contribution >= 0.6 is 0 Å². The van der Waals surface area contributed by atoms with Crippen LogP contribution in [0.5, 0.6) is 5.75 Å². The first kappa shape index (κ1) is 15.3. The number of hydrogen-bond donors (Lipinski definition) is 2. The van der Waals surface area contributed by atoms with E-state index in [2.05, 4.69) is 15.4 Å². The molecule has 0 saturated carbocycles. The molecule has 2 heterocycles. The maximum absolute atomic E-state index is 12.4. The number of H-pyrrole nitrogens is 1. The number of benzene rings is 1. The summed E-state index contributed by atoms with van der Waals surface area (Å²) in [5, 5.41) is 7.30. The summed E-state index contributed by atoms with van der Waals surface area (Å²) in [6.07, 6.45) is -3.19. The number of aromatic amines is 1. The Morgan fingerprint density at radius 1 is 1.39 bits per heavy atom. The third-order valence-corrected chi connectivity index (χ3v) is 3.40. The standard InChI is InChI=1S/C14H13F3N4O2/c15-14(16,17)12-19-13(21-20-12)18-11(22)4-2-8-1-3-10-9(7-8)5-6-23-10/h1,3,7H,2,4-6H2,(H2,18,19,20,21,22). The number of carbonyl (C=O) groups excluding carboxylic acids is 1. The van der Waals surface area contributed by atoms with Gasteiger partial charge in [0.25, 0.3) is 0 Å². The van der Waals surface area contributed by atoms with E-state index in [1.54, 1.807) is 5.10 Å². The highest BCUT2D eigenvalue weighted by atomic mass is 19.4. The molecule has 0 spiro atoms. The van der Waals surface area contributed by atoms with Gasteiger partial charge in [-0.2, -0.15) is 18.2 Å². The minimum absolute atomic E-state index is 0.121. The number of hydrogen-bond acceptors (Lipinski definition) is 4. The quantitative estimate of drug-likeness (QED) is 0.904. The minimum atomic E-state index is -4.62. The van der Waals surface area contributed by atoms with Crippen molar-refractivity contribution in [3.05, 3.63) is 35.2 Å². The number of ether oxygens (including phenoxy) is 1. The van der Waals surface area contributed by atoms with Crippen LogP contribution in [0.15, 0.2) is 18.2 Å². The highest BCUT2D eigenvalue weighted by Crippen LogP contribution is 2.27. The number of nitrogens with one attached hydrogen (secondary N) is 2. The number of carbonyl (C=O) groups is 1.